The van der Waals surface area contributed by atoms with Crippen molar-refractivity contribution in [2.75, 3.05) is 37.4 Å². The Morgan fingerprint density at radius 1 is 1.17 bits per heavy atom. The number of rotatable bonds is 7. The maximum absolute atomic E-state index is 12.1. The van der Waals surface area contributed by atoms with E-state index in [1.165, 1.54) is 0 Å². The second-order valence-electron chi connectivity index (χ2n) is 4.97. The average Bonchev–Trinajstić information content (AvgIpc) is 2.52. The monoisotopic (exact) mass is 399 g/mol. The summed E-state index contributed by atoms with van der Waals surface area (Å²) < 4.78 is 27.6. The Morgan fingerprint density at radius 3 is 2.52 bits per heavy atom. The Balaban J connectivity index is 1.87. The van der Waals surface area contributed by atoms with Crippen molar-refractivity contribution in [3.8, 4) is 0 Å². The lowest BCUT2D eigenvalue weighted by molar-refractivity contribution is 0.583. The zero-order chi connectivity index (χ0) is 16.9. The number of nitrogens with zero attached hydrogens (tertiary/aromatic N) is 3. The maximum atomic E-state index is 12.1. The number of benzene rings is 1. The van der Waals surface area contributed by atoms with Crippen LogP contribution in [-0.4, -0.2) is 45.8 Å². The van der Waals surface area contributed by atoms with Gasteiger partial charge >= 0.3 is 0 Å². The van der Waals surface area contributed by atoms with Gasteiger partial charge in [0.25, 0.3) is 0 Å². The first kappa shape index (κ1) is 17.6. The lowest BCUT2D eigenvalue weighted by Crippen LogP contribution is -2.29. The Labute approximate surface area is 144 Å². The highest BCUT2D eigenvalue weighted by Crippen LogP contribution is 2.14. The molecule has 124 valence electrons. The van der Waals surface area contributed by atoms with Crippen LogP contribution in [0, 0.1) is 0 Å². The van der Waals surface area contributed by atoms with Gasteiger partial charge in [-0.3, -0.25) is 0 Å². The van der Waals surface area contributed by atoms with Crippen molar-refractivity contribution in [3.63, 3.8) is 0 Å². The van der Waals surface area contributed by atoms with Crippen LogP contribution in [0.15, 0.2) is 45.9 Å². The summed E-state index contributed by atoms with van der Waals surface area (Å²) in [5.41, 5.74) is 0.915. The number of halogens is 1. The van der Waals surface area contributed by atoms with Gasteiger partial charge in [0.15, 0.2) is 5.82 Å². The number of hydrogen-bond acceptors (Lipinski definition) is 6. The molecule has 1 heterocycles. The zero-order valence-electron chi connectivity index (χ0n) is 12.8. The number of sulfonamides is 1. The first-order valence-corrected chi connectivity index (χ1v) is 9.15. The molecule has 7 nitrogen and oxygen atoms in total. The smallest absolute Gasteiger partial charge is 0.240 e. The summed E-state index contributed by atoms with van der Waals surface area (Å²) in [6.45, 7) is 0.646. The quantitative estimate of drug-likeness (QED) is 0.688. The summed E-state index contributed by atoms with van der Waals surface area (Å²) in [4.78, 5) is 2.14. The third-order valence-electron chi connectivity index (χ3n) is 3.00. The average molecular weight is 400 g/mol. The van der Waals surface area contributed by atoms with Gasteiger partial charge < -0.3 is 10.2 Å². The van der Waals surface area contributed by atoms with E-state index in [-0.39, 0.29) is 11.4 Å². The number of hydrogen-bond donors (Lipinski definition) is 2. The fourth-order valence-electron chi connectivity index (χ4n) is 1.76. The van der Waals surface area contributed by atoms with Crippen LogP contribution in [0.2, 0.25) is 0 Å². The Morgan fingerprint density at radius 2 is 1.87 bits per heavy atom. The van der Waals surface area contributed by atoms with Gasteiger partial charge in [0, 0.05) is 37.7 Å². The Bertz CT molecular complexity index is 750. The number of nitrogens with one attached hydrogen (secondary N) is 2. The molecular weight excluding hydrogens is 382 g/mol. The molecule has 0 fully saturated rings. The fraction of sp³-hybridized carbons (Fsp3) is 0.286. The molecule has 2 aromatic rings. The summed E-state index contributed by atoms with van der Waals surface area (Å²) >= 11 is 3.28. The van der Waals surface area contributed by atoms with E-state index in [1.54, 1.807) is 30.5 Å². The van der Waals surface area contributed by atoms with Gasteiger partial charge in [0.05, 0.1) is 16.8 Å². The second-order valence-corrected chi connectivity index (χ2v) is 7.65. The normalized spacial score (nSPS) is 11.3. The molecule has 0 atom stereocenters. The van der Waals surface area contributed by atoms with E-state index in [1.807, 2.05) is 25.1 Å². The van der Waals surface area contributed by atoms with E-state index in [2.05, 4.69) is 36.2 Å². The van der Waals surface area contributed by atoms with Gasteiger partial charge in [-0.2, -0.15) is 5.10 Å². The van der Waals surface area contributed by atoms with Gasteiger partial charge in [-0.1, -0.05) is 15.9 Å². The summed E-state index contributed by atoms with van der Waals surface area (Å²) in [6.07, 6.45) is 1.65. The standard InChI is InChI=1S/C14H18BrN5O2S/c1-20(2)12-9-14(19-17-10-12)16-7-8-18-23(21,22)13-5-3-11(15)4-6-13/h3-6,9-10,18H,7-8H2,1-2H3,(H,16,19). The van der Waals surface area contributed by atoms with Crippen LogP contribution in [0.25, 0.3) is 0 Å². The topological polar surface area (TPSA) is 87.2 Å². The summed E-state index contributed by atoms with van der Waals surface area (Å²) in [5.74, 6) is 0.596. The van der Waals surface area contributed by atoms with Crippen LogP contribution >= 0.6 is 15.9 Å². The highest BCUT2D eigenvalue weighted by Gasteiger charge is 2.12. The molecule has 0 bridgehead atoms. The molecule has 0 aliphatic rings. The van der Waals surface area contributed by atoms with Crippen molar-refractivity contribution in [1.29, 1.82) is 0 Å². The van der Waals surface area contributed by atoms with E-state index < -0.39 is 10.0 Å². The van der Waals surface area contributed by atoms with E-state index in [9.17, 15) is 8.42 Å². The molecule has 0 aliphatic carbocycles. The Kier molecular flexibility index (Phi) is 5.91. The zero-order valence-corrected chi connectivity index (χ0v) is 15.2. The van der Waals surface area contributed by atoms with Crippen LogP contribution in [0.4, 0.5) is 11.5 Å². The van der Waals surface area contributed by atoms with Crippen molar-refractivity contribution in [3.05, 3.63) is 41.0 Å². The van der Waals surface area contributed by atoms with Crippen molar-refractivity contribution in [2.45, 2.75) is 4.90 Å². The molecule has 23 heavy (non-hydrogen) atoms. The minimum atomic E-state index is -3.51. The van der Waals surface area contributed by atoms with Crippen LogP contribution in [-0.2, 0) is 10.0 Å². The molecule has 0 aliphatic heterocycles. The van der Waals surface area contributed by atoms with Crippen LogP contribution < -0.4 is 14.9 Å². The Hall–Kier alpha value is -1.71. The minimum Gasteiger partial charge on any atom is -0.376 e. The fourth-order valence-corrected chi connectivity index (χ4v) is 3.06. The molecule has 2 rings (SSSR count). The van der Waals surface area contributed by atoms with Gasteiger partial charge in [0.2, 0.25) is 10.0 Å². The second kappa shape index (κ2) is 7.71. The lowest BCUT2D eigenvalue weighted by Gasteiger charge is -2.13. The highest BCUT2D eigenvalue weighted by atomic mass is 79.9. The molecule has 0 radical (unpaired) electrons. The third kappa shape index (κ3) is 5.15. The molecular formula is C14H18BrN5O2S. The maximum Gasteiger partial charge on any atom is 0.240 e. The van der Waals surface area contributed by atoms with E-state index in [0.29, 0.717) is 12.4 Å². The molecule has 9 heteroatoms. The van der Waals surface area contributed by atoms with Crippen LogP contribution in [0.3, 0.4) is 0 Å². The van der Waals surface area contributed by atoms with Crippen molar-refractivity contribution in [2.24, 2.45) is 0 Å². The van der Waals surface area contributed by atoms with Gasteiger partial charge in [-0.15, -0.1) is 5.10 Å². The summed E-state index contributed by atoms with van der Waals surface area (Å²) in [5, 5.41) is 10.9. The third-order valence-corrected chi connectivity index (χ3v) is 5.01. The van der Waals surface area contributed by atoms with E-state index in [0.717, 1.165) is 10.2 Å². The molecule has 0 amide bonds. The molecule has 2 N–H and O–H groups in total. The van der Waals surface area contributed by atoms with Gasteiger partial charge in [-0.05, 0) is 24.3 Å². The van der Waals surface area contributed by atoms with E-state index in [4.69, 9.17) is 0 Å². The van der Waals surface area contributed by atoms with E-state index >= 15 is 0 Å². The van der Waals surface area contributed by atoms with Crippen LogP contribution in [0.1, 0.15) is 0 Å². The first-order chi connectivity index (χ1) is 10.9. The number of aromatic nitrogens is 2. The molecule has 0 spiro atoms. The predicted octanol–water partition coefficient (Wildman–Crippen LogP) is 1.70. The SMILES string of the molecule is CN(C)c1cnnc(NCCNS(=O)(=O)c2ccc(Br)cc2)c1. The minimum absolute atomic E-state index is 0.232. The lowest BCUT2D eigenvalue weighted by atomic mass is 10.4. The summed E-state index contributed by atoms with van der Waals surface area (Å²) in [6, 6.07) is 8.32. The summed E-state index contributed by atoms with van der Waals surface area (Å²) in [7, 11) is 0.312. The van der Waals surface area contributed by atoms with Crippen molar-refractivity contribution < 1.29 is 8.42 Å². The highest BCUT2D eigenvalue weighted by molar-refractivity contribution is 9.10. The van der Waals surface area contributed by atoms with Crippen molar-refractivity contribution >= 4 is 37.5 Å². The van der Waals surface area contributed by atoms with Gasteiger partial charge in [-0.25, -0.2) is 13.1 Å². The largest absolute Gasteiger partial charge is 0.376 e. The molecule has 1 aromatic heterocycles. The van der Waals surface area contributed by atoms with Gasteiger partial charge in [0.1, 0.15) is 0 Å². The van der Waals surface area contributed by atoms with Crippen molar-refractivity contribution in [1.82, 2.24) is 14.9 Å². The molecule has 0 unspecified atom stereocenters. The predicted molar refractivity (Wildman–Crippen MR) is 94.2 cm³/mol. The molecule has 0 saturated carbocycles. The number of anilines is 2. The van der Waals surface area contributed by atoms with Crippen LogP contribution in [0.5, 0.6) is 0 Å². The first-order valence-electron chi connectivity index (χ1n) is 6.87. The molecule has 1 aromatic carbocycles. The molecule has 0 saturated heterocycles.